The van der Waals surface area contributed by atoms with Gasteiger partial charge >= 0.3 is 0 Å². The van der Waals surface area contributed by atoms with Crippen LogP contribution in [-0.4, -0.2) is 11.8 Å². The molecule has 4 heteroatoms. The number of para-hydroxylation sites is 2. The summed E-state index contributed by atoms with van der Waals surface area (Å²) in [7, 11) is 0. The van der Waals surface area contributed by atoms with Gasteiger partial charge in [-0.2, -0.15) is 0 Å². The zero-order valence-electron chi connectivity index (χ0n) is 13.8. The molecule has 0 atom stereocenters. The van der Waals surface area contributed by atoms with E-state index >= 15 is 0 Å². The minimum atomic E-state index is -0.144. The van der Waals surface area contributed by atoms with Crippen molar-refractivity contribution >= 4 is 28.9 Å². The highest BCUT2D eigenvalue weighted by Crippen LogP contribution is 2.27. The van der Waals surface area contributed by atoms with E-state index in [4.69, 9.17) is 0 Å². The van der Waals surface area contributed by atoms with Gasteiger partial charge in [-0.15, -0.1) is 0 Å². The van der Waals surface area contributed by atoms with E-state index in [1.807, 2.05) is 60.7 Å². The van der Waals surface area contributed by atoms with Crippen molar-refractivity contribution in [3.05, 3.63) is 90.5 Å². The van der Waals surface area contributed by atoms with E-state index in [-0.39, 0.29) is 11.8 Å². The number of rotatable bonds is 4. The summed E-state index contributed by atoms with van der Waals surface area (Å²) in [5.74, 6) is -0.277. The first-order valence-electron chi connectivity index (χ1n) is 7.97. The van der Waals surface area contributed by atoms with Gasteiger partial charge in [0.2, 0.25) is 5.91 Å². The van der Waals surface area contributed by atoms with Gasteiger partial charge in [-0.3, -0.25) is 14.5 Å². The number of hydrogen-bond acceptors (Lipinski definition) is 2. The van der Waals surface area contributed by atoms with Crippen LogP contribution in [0.4, 0.5) is 17.1 Å². The normalized spacial score (nSPS) is 10.1. The number of amides is 2. The van der Waals surface area contributed by atoms with Crippen molar-refractivity contribution in [2.75, 3.05) is 10.2 Å². The molecule has 0 saturated carbocycles. The molecule has 25 heavy (non-hydrogen) atoms. The molecule has 3 aromatic carbocycles. The third kappa shape index (κ3) is 3.93. The Labute approximate surface area is 146 Å². The molecule has 3 rings (SSSR count). The first kappa shape index (κ1) is 16.5. The molecular weight excluding hydrogens is 312 g/mol. The highest BCUT2D eigenvalue weighted by atomic mass is 16.2. The summed E-state index contributed by atoms with van der Waals surface area (Å²) in [6, 6.07) is 25.9. The van der Waals surface area contributed by atoms with Gasteiger partial charge in [0.25, 0.3) is 5.91 Å². The number of hydrogen-bond donors (Lipinski definition) is 1. The molecule has 0 spiro atoms. The van der Waals surface area contributed by atoms with Crippen LogP contribution in [0.3, 0.4) is 0 Å². The van der Waals surface area contributed by atoms with Crippen molar-refractivity contribution in [3.63, 3.8) is 0 Å². The first-order valence-corrected chi connectivity index (χ1v) is 7.97. The van der Waals surface area contributed by atoms with E-state index < -0.39 is 0 Å². The van der Waals surface area contributed by atoms with Gasteiger partial charge in [0.1, 0.15) is 0 Å². The molecule has 3 aromatic rings. The van der Waals surface area contributed by atoms with Crippen LogP contribution in [0.1, 0.15) is 17.3 Å². The lowest BCUT2D eigenvalue weighted by Crippen LogP contribution is -2.25. The topological polar surface area (TPSA) is 49.4 Å². The van der Waals surface area contributed by atoms with Crippen LogP contribution < -0.4 is 10.2 Å². The van der Waals surface area contributed by atoms with E-state index in [1.54, 1.807) is 29.2 Å². The standard InChI is InChI=1S/C21H18N2O2/c1-16(24)22-18-14-12-17(13-15-18)21(25)23(19-8-4-2-5-9-19)20-10-6-3-7-11-20/h2-15H,1H3,(H,22,24). The summed E-state index contributed by atoms with van der Waals surface area (Å²) in [4.78, 5) is 25.9. The molecule has 4 nitrogen and oxygen atoms in total. The second-order valence-corrected chi connectivity index (χ2v) is 5.57. The van der Waals surface area contributed by atoms with Gasteiger partial charge in [-0.05, 0) is 48.5 Å². The van der Waals surface area contributed by atoms with Crippen molar-refractivity contribution in [1.82, 2.24) is 0 Å². The predicted molar refractivity (Wildman–Crippen MR) is 100 cm³/mol. The van der Waals surface area contributed by atoms with Crippen molar-refractivity contribution < 1.29 is 9.59 Å². The average Bonchev–Trinajstić information content (AvgIpc) is 2.64. The van der Waals surface area contributed by atoms with Gasteiger partial charge in [0.15, 0.2) is 0 Å². The molecule has 0 fully saturated rings. The maximum Gasteiger partial charge on any atom is 0.262 e. The van der Waals surface area contributed by atoms with Gasteiger partial charge in [0.05, 0.1) is 0 Å². The lowest BCUT2D eigenvalue weighted by molar-refractivity contribution is -0.114. The predicted octanol–water partition coefficient (Wildman–Crippen LogP) is 4.62. The fraction of sp³-hybridized carbons (Fsp3) is 0.0476. The van der Waals surface area contributed by atoms with Gasteiger partial charge in [-0.1, -0.05) is 36.4 Å². The molecule has 1 N–H and O–H groups in total. The molecule has 2 amide bonds. The number of carbonyl (C=O) groups is 2. The minimum Gasteiger partial charge on any atom is -0.326 e. The zero-order valence-corrected chi connectivity index (χ0v) is 13.8. The van der Waals surface area contributed by atoms with Crippen LogP contribution >= 0.6 is 0 Å². The molecule has 0 aliphatic carbocycles. The third-order valence-corrected chi connectivity index (χ3v) is 3.68. The van der Waals surface area contributed by atoms with Crippen LogP contribution in [-0.2, 0) is 4.79 Å². The van der Waals surface area contributed by atoms with Crippen LogP contribution in [0.5, 0.6) is 0 Å². The number of anilines is 3. The monoisotopic (exact) mass is 330 g/mol. The molecule has 0 aliphatic heterocycles. The lowest BCUT2D eigenvalue weighted by atomic mass is 10.1. The van der Waals surface area contributed by atoms with E-state index in [0.29, 0.717) is 11.3 Å². The second kappa shape index (κ2) is 7.45. The maximum atomic E-state index is 13.1. The van der Waals surface area contributed by atoms with Crippen molar-refractivity contribution in [1.29, 1.82) is 0 Å². The molecule has 0 aromatic heterocycles. The summed E-state index contributed by atoms with van der Waals surface area (Å²) >= 11 is 0. The first-order chi connectivity index (χ1) is 12.1. The number of nitrogens with one attached hydrogen (secondary N) is 1. The lowest BCUT2D eigenvalue weighted by Gasteiger charge is -2.23. The molecule has 0 radical (unpaired) electrons. The Bertz CT molecular complexity index is 820. The van der Waals surface area contributed by atoms with Crippen molar-refractivity contribution in [2.24, 2.45) is 0 Å². The Balaban J connectivity index is 1.96. The van der Waals surface area contributed by atoms with Crippen LogP contribution in [0.15, 0.2) is 84.9 Å². The Hall–Kier alpha value is -3.40. The smallest absolute Gasteiger partial charge is 0.262 e. The zero-order chi connectivity index (χ0) is 17.6. The van der Waals surface area contributed by atoms with Crippen molar-refractivity contribution in [3.8, 4) is 0 Å². The molecule has 0 bridgehead atoms. The van der Waals surface area contributed by atoms with E-state index in [1.165, 1.54) is 6.92 Å². The van der Waals surface area contributed by atoms with E-state index in [2.05, 4.69) is 5.32 Å². The molecule has 0 heterocycles. The third-order valence-electron chi connectivity index (χ3n) is 3.68. The summed E-state index contributed by atoms with van der Waals surface area (Å²) in [5.41, 5.74) is 2.80. The van der Waals surface area contributed by atoms with Crippen LogP contribution in [0.2, 0.25) is 0 Å². The summed E-state index contributed by atoms with van der Waals surface area (Å²) < 4.78 is 0. The van der Waals surface area contributed by atoms with E-state index in [9.17, 15) is 9.59 Å². The fourth-order valence-corrected chi connectivity index (χ4v) is 2.57. The molecular formula is C21H18N2O2. The fourth-order valence-electron chi connectivity index (χ4n) is 2.57. The van der Waals surface area contributed by atoms with Gasteiger partial charge in [0, 0.05) is 29.5 Å². The number of benzene rings is 3. The van der Waals surface area contributed by atoms with Crippen LogP contribution in [0, 0.1) is 0 Å². The number of nitrogens with zero attached hydrogens (tertiary/aromatic N) is 1. The molecule has 0 unspecified atom stereocenters. The Kier molecular flexibility index (Phi) is 4.90. The van der Waals surface area contributed by atoms with Crippen LogP contribution in [0.25, 0.3) is 0 Å². The largest absolute Gasteiger partial charge is 0.326 e. The Morgan fingerprint density at radius 1 is 0.720 bits per heavy atom. The van der Waals surface area contributed by atoms with Crippen molar-refractivity contribution in [2.45, 2.75) is 6.92 Å². The SMILES string of the molecule is CC(=O)Nc1ccc(C(=O)N(c2ccccc2)c2ccccc2)cc1. The summed E-state index contributed by atoms with van der Waals surface area (Å²) in [6.45, 7) is 1.45. The summed E-state index contributed by atoms with van der Waals surface area (Å²) in [6.07, 6.45) is 0. The molecule has 0 aliphatic rings. The highest BCUT2D eigenvalue weighted by molar-refractivity contribution is 6.11. The highest BCUT2D eigenvalue weighted by Gasteiger charge is 2.19. The number of carbonyl (C=O) groups excluding carboxylic acids is 2. The van der Waals surface area contributed by atoms with E-state index in [0.717, 1.165) is 11.4 Å². The molecule has 0 saturated heterocycles. The van der Waals surface area contributed by atoms with Gasteiger partial charge < -0.3 is 5.32 Å². The average molecular weight is 330 g/mol. The minimum absolute atomic E-state index is 0.133. The second-order valence-electron chi connectivity index (χ2n) is 5.57. The maximum absolute atomic E-state index is 13.1. The Morgan fingerprint density at radius 3 is 1.64 bits per heavy atom. The quantitative estimate of drug-likeness (QED) is 0.758. The molecule has 124 valence electrons. The Morgan fingerprint density at radius 2 is 1.20 bits per heavy atom. The van der Waals surface area contributed by atoms with Gasteiger partial charge in [-0.25, -0.2) is 0 Å². The summed E-state index contributed by atoms with van der Waals surface area (Å²) in [5, 5.41) is 2.70.